The van der Waals surface area contributed by atoms with Gasteiger partial charge >= 0.3 is 5.97 Å². The Morgan fingerprint density at radius 1 is 0.852 bits per heavy atom. The number of hydrogen-bond donors (Lipinski definition) is 3. The van der Waals surface area contributed by atoms with Crippen molar-refractivity contribution in [2.24, 2.45) is 0 Å². The zero-order chi connectivity index (χ0) is 19.6. The van der Waals surface area contributed by atoms with E-state index in [1.807, 2.05) is 0 Å². The van der Waals surface area contributed by atoms with E-state index in [9.17, 15) is 14.4 Å². The van der Waals surface area contributed by atoms with Crippen molar-refractivity contribution in [2.45, 2.75) is 19.3 Å². The van der Waals surface area contributed by atoms with Crippen LogP contribution in [0.25, 0.3) is 0 Å². The van der Waals surface area contributed by atoms with E-state index in [0.717, 1.165) is 5.56 Å². The van der Waals surface area contributed by atoms with Crippen LogP contribution in [0.5, 0.6) is 0 Å². The van der Waals surface area contributed by atoms with Gasteiger partial charge < -0.3 is 15.7 Å². The van der Waals surface area contributed by atoms with Crippen LogP contribution >= 0.6 is 11.6 Å². The lowest BCUT2D eigenvalue weighted by atomic mass is 10.1. The first-order valence-electron chi connectivity index (χ1n) is 8.58. The van der Waals surface area contributed by atoms with Gasteiger partial charge in [0, 0.05) is 30.1 Å². The number of hydrogen-bond acceptors (Lipinski definition) is 3. The van der Waals surface area contributed by atoms with Gasteiger partial charge in [-0.3, -0.25) is 9.59 Å². The first-order chi connectivity index (χ1) is 13.0. The number of aromatic carboxylic acids is 1. The lowest BCUT2D eigenvalue weighted by molar-refractivity contribution is -0.121. The summed E-state index contributed by atoms with van der Waals surface area (Å²) in [6.07, 6.45) is 1.48. The summed E-state index contributed by atoms with van der Waals surface area (Å²) >= 11 is 5.78. The van der Waals surface area contributed by atoms with Gasteiger partial charge in [0.05, 0.1) is 5.56 Å². The molecule has 0 aromatic heterocycles. The van der Waals surface area contributed by atoms with Crippen molar-refractivity contribution >= 4 is 29.4 Å². The van der Waals surface area contributed by atoms with E-state index in [1.165, 1.54) is 0 Å². The topological polar surface area (TPSA) is 95.5 Å². The molecule has 0 aliphatic heterocycles. The minimum absolute atomic E-state index is 0.0853. The molecule has 0 unspecified atom stereocenters. The average Bonchev–Trinajstić information content (AvgIpc) is 2.66. The lowest BCUT2D eigenvalue weighted by Crippen LogP contribution is -2.28. The predicted octanol–water partition coefficient (Wildman–Crippen LogP) is 2.91. The monoisotopic (exact) mass is 388 g/mol. The third-order valence-electron chi connectivity index (χ3n) is 3.91. The molecule has 142 valence electrons. The highest BCUT2D eigenvalue weighted by Gasteiger charge is 2.06. The van der Waals surface area contributed by atoms with Crippen molar-refractivity contribution in [3.63, 3.8) is 0 Å². The fourth-order valence-corrected chi connectivity index (χ4v) is 2.53. The highest BCUT2D eigenvalue weighted by atomic mass is 35.5. The number of halogens is 1. The molecule has 0 spiro atoms. The smallest absolute Gasteiger partial charge is 0.335 e. The number of rotatable bonds is 9. The Kier molecular flexibility index (Phi) is 7.82. The molecule has 2 rings (SSSR count). The van der Waals surface area contributed by atoms with Crippen LogP contribution in [0.3, 0.4) is 0 Å². The van der Waals surface area contributed by atoms with Crippen LogP contribution < -0.4 is 10.6 Å². The third-order valence-corrected chi connectivity index (χ3v) is 4.16. The van der Waals surface area contributed by atoms with Gasteiger partial charge in [0.1, 0.15) is 0 Å². The Morgan fingerprint density at radius 3 is 2.11 bits per heavy atom. The molecule has 3 N–H and O–H groups in total. The van der Waals surface area contributed by atoms with E-state index in [0.29, 0.717) is 42.9 Å². The SMILES string of the molecule is O=C(CCCNC(=O)c1ccc(Cl)cc1)NCCc1ccc(C(=O)O)cc1. The molecule has 0 saturated carbocycles. The van der Waals surface area contributed by atoms with Gasteiger partial charge in [-0.05, 0) is 54.8 Å². The van der Waals surface area contributed by atoms with Crippen molar-refractivity contribution in [3.8, 4) is 0 Å². The number of carboxylic acids is 1. The fraction of sp³-hybridized carbons (Fsp3) is 0.250. The van der Waals surface area contributed by atoms with Gasteiger partial charge in [0.25, 0.3) is 5.91 Å². The van der Waals surface area contributed by atoms with Crippen LogP contribution in [0.4, 0.5) is 0 Å². The number of carbonyl (C=O) groups excluding carboxylic acids is 2. The van der Waals surface area contributed by atoms with E-state index in [-0.39, 0.29) is 17.4 Å². The summed E-state index contributed by atoms with van der Waals surface area (Å²) in [5.74, 6) is -1.24. The second kappa shape index (κ2) is 10.3. The lowest BCUT2D eigenvalue weighted by Gasteiger charge is -2.07. The van der Waals surface area contributed by atoms with E-state index in [2.05, 4.69) is 10.6 Å². The Hall–Kier alpha value is -2.86. The molecular weight excluding hydrogens is 368 g/mol. The predicted molar refractivity (Wildman–Crippen MR) is 103 cm³/mol. The minimum Gasteiger partial charge on any atom is -0.478 e. The molecule has 0 heterocycles. The summed E-state index contributed by atoms with van der Waals surface area (Å²) in [4.78, 5) is 34.5. The molecule has 0 fully saturated rings. The Bertz CT molecular complexity index is 789. The molecule has 2 amide bonds. The summed E-state index contributed by atoms with van der Waals surface area (Å²) < 4.78 is 0. The molecule has 0 aliphatic rings. The maximum Gasteiger partial charge on any atom is 0.335 e. The Morgan fingerprint density at radius 2 is 1.48 bits per heavy atom. The van der Waals surface area contributed by atoms with Crippen LogP contribution in [-0.4, -0.2) is 36.0 Å². The molecule has 0 radical (unpaired) electrons. The Labute approximate surface area is 162 Å². The largest absolute Gasteiger partial charge is 0.478 e. The summed E-state index contributed by atoms with van der Waals surface area (Å²) in [5.41, 5.74) is 1.72. The van der Waals surface area contributed by atoms with Crippen LogP contribution in [0.2, 0.25) is 5.02 Å². The summed E-state index contributed by atoms with van der Waals surface area (Å²) in [6.45, 7) is 0.883. The van der Waals surface area contributed by atoms with Crippen molar-refractivity contribution in [1.29, 1.82) is 0 Å². The third kappa shape index (κ3) is 7.11. The molecule has 2 aromatic carbocycles. The van der Waals surface area contributed by atoms with E-state index in [4.69, 9.17) is 16.7 Å². The quantitative estimate of drug-likeness (QED) is 0.575. The van der Waals surface area contributed by atoms with Gasteiger partial charge in [-0.2, -0.15) is 0 Å². The van der Waals surface area contributed by atoms with Crippen LogP contribution in [0.1, 0.15) is 39.1 Å². The number of amides is 2. The van der Waals surface area contributed by atoms with Crippen molar-refractivity contribution in [2.75, 3.05) is 13.1 Å². The van der Waals surface area contributed by atoms with E-state index < -0.39 is 5.97 Å². The number of carbonyl (C=O) groups is 3. The average molecular weight is 389 g/mol. The minimum atomic E-state index is -0.960. The molecular formula is C20H21ClN2O4. The van der Waals surface area contributed by atoms with E-state index in [1.54, 1.807) is 48.5 Å². The number of nitrogens with one attached hydrogen (secondary N) is 2. The van der Waals surface area contributed by atoms with Crippen molar-refractivity contribution in [1.82, 2.24) is 10.6 Å². The molecule has 0 aliphatic carbocycles. The zero-order valence-corrected chi connectivity index (χ0v) is 15.5. The first kappa shape index (κ1) is 20.5. The molecule has 7 heteroatoms. The Balaban J connectivity index is 1.60. The van der Waals surface area contributed by atoms with Gasteiger partial charge in [0.15, 0.2) is 0 Å². The summed E-state index contributed by atoms with van der Waals surface area (Å²) in [7, 11) is 0. The summed E-state index contributed by atoms with van der Waals surface area (Å²) in [6, 6.07) is 13.2. The van der Waals surface area contributed by atoms with Crippen LogP contribution in [-0.2, 0) is 11.2 Å². The molecule has 0 saturated heterocycles. The second-order valence-electron chi connectivity index (χ2n) is 5.97. The van der Waals surface area contributed by atoms with Crippen molar-refractivity contribution in [3.05, 3.63) is 70.2 Å². The maximum atomic E-state index is 11.9. The standard InChI is InChI=1S/C20H21ClN2O4/c21-17-9-7-15(8-10-17)19(25)23-12-1-2-18(24)22-13-11-14-3-5-16(6-4-14)20(26)27/h3-10H,1-2,11-13H2,(H,22,24)(H,23,25)(H,26,27). The number of carboxylic acid groups (broad SMARTS) is 1. The second-order valence-corrected chi connectivity index (χ2v) is 6.40. The van der Waals surface area contributed by atoms with Crippen molar-refractivity contribution < 1.29 is 19.5 Å². The van der Waals surface area contributed by atoms with Gasteiger partial charge in [-0.15, -0.1) is 0 Å². The summed E-state index contributed by atoms with van der Waals surface area (Å²) in [5, 5.41) is 15.0. The van der Waals surface area contributed by atoms with Gasteiger partial charge in [0.2, 0.25) is 5.91 Å². The fourth-order valence-electron chi connectivity index (χ4n) is 2.40. The molecule has 27 heavy (non-hydrogen) atoms. The first-order valence-corrected chi connectivity index (χ1v) is 8.96. The van der Waals surface area contributed by atoms with Gasteiger partial charge in [-0.25, -0.2) is 4.79 Å². The van der Waals surface area contributed by atoms with Crippen LogP contribution in [0.15, 0.2) is 48.5 Å². The molecule has 0 bridgehead atoms. The van der Waals surface area contributed by atoms with E-state index >= 15 is 0 Å². The van der Waals surface area contributed by atoms with Gasteiger partial charge in [-0.1, -0.05) is 23.7 Å². The molecule has 2 aromatic rings. The van der Waals surface area contributed by atoms with Crippen LogP contribution in [0, 0.1) is 0 Å². The maximum absolute atomic E-state index is 11.9. The highest BCUT2D eigenvalue weighted by Crippen LogP contribution is 2.09. The molecule has 0 atom stereocenters. The zero-order valence-electron chi connectivity index (χ0n) is 14.7. The number of benzene rings is 2. The highest BCUT2D eigenvalue weighted by molar-refractivity contribution is 6.30. The normalized spacial score (nSPS) is 10.3. The molecule has 6 nitrogen and oxygen atoms in total.